The van der Waals surface area contributed by atoms with Crippen LogP contribution in [-0.2, 0) is 17.0 Å². The summed E-state index contributed by atoms with van der Waals surface area (Å²) >= 11 is 2.76. The Balaban J connectivity index is 2.02. The molecule has 0 atom stereocenters. The number of rotatable bonds is 6. The van der Waals surface area contributed by atoms with Crippen LogP contribution in [0, 0.1) is 5.82 Å². The lowest BCUT2D eigenvalue weighted by molar-refractivity contribution is -0.131. The van der Waals surface area contributed by atoms with E-state index >= 15 is 0 Å². The number of carbonyl (C=O) groups is 1. The first-order valence-electron chi connectivity index (χ1n) is 6.23. The highest BCUT2D eigenvalue weighted by molar-refractivity contribution is 8.00. The van der Waals surface area contributed by atoms with Gasteiger partial charge in [-0.2, -0.15) is 4.37 Å². The molecule has 0 aliphatic carbocycles. The van der Waals surface area contributed by atoms with Gasteiger partial charge in [-0.3, -0.25) is 0 Å². The number of halogens is 1. The number of aryl methyl sites for hydroxylation is 1. The van der Waals surface area contributed by atoms with E-state index in [-0.39, 0.29) is 5.82 Å². The van der Waals surface area contributed by atoms with Crippen LogP contribution in [0.4, 0.5) is 4.39 Å². The summed E-state index contributed by atoms with van der Waals surface area (Å²) in [7, 11) is 0. The van der Waals surface area contributed by atoms with Gasteiger partial charge in [0.25, 0.3) is 0 Å². The van der Waals surface area contributed by atoms with Gasteiger partial charge in [-0.15, -0.1) is 0 Å². The molecule has 0 saturated carbocycles. The van der Waals surface area contributed by atoms with Crippen LogP contribution in [0.5, 0.6) is 0 Å². The maximum absolute atomic E-state index is 13.9. The molecule has 7 heteroatoms. The zero-order chi connectivity index (χ0) is 15.2. The second-order valence-electron chi connectivity index (χ2n) is 4.14. The Morgan fingerprint density at radius 3 is 2.95 bits per heavy atom. The van der Waals surface area contributed by atoms with Gasteiger partial charge < -0.3 is 5.11 Å². The molecule has 2 rings (SSSR count). The molecule has 0 bridgehead atoms. The minimum Gasteiger partial charge on any atom is -0.478 e. The third-order valence-corrected chi connectivity index (χ3v) is 4.53. The maximum Gasteiger partial charge on any atom is 0.328 e. The van der Waals surface area contributed by atoms with Crippen LogP contribution in [-0.4, -0.2) is 20.4 Å². The molecule has 1 N–H and O–H groups in total. The predicted octanol–water partition coefficient (Wildman–Crippen LogP) is 3.63. The van der Waals surface area contributed by atoms with Crippen molar-refractivity contribution in [2.75, 3.05) is 0 Å². The number of carboxylic acid groups (broad SMARTS) is 1. The van der Waals surface area contributed by atoms with Crippen molar-refractivity contribution in [2.45, 2.75) is 23.4 Å². The normalized spacial score (nSPS) is 11.1. The van der Waals surface area contributed by atoms with E-state index in [1.54, 1.807) is 12.1 Å². The Kier molecular flexibility index (Phi) is 5.46. The van der Waals surface area contributed by atoms with Gasteiger partial charge in [0.05, 0.1) is 0 Å². The first-order valence-corrected chi connectivity index (χ1v) is 7.99. The lowest BCUT2D eigenvalue weighted by Crippen LogP contribution is -1.90. The third-order valence-electron chi connectivity index (χ3n) is 2.61. The van der Waals surface area contributed by atoms with Gasteiger partial charge >= 0.3 is 5.97 Å². The van der Waals surface area contributed by atoms with Gasteiger partial charge in [0.1, 0.15) is 11.6 Å². The van der Waals surface area contributed by atoms with Crippen molar-refractivity contribution in [3.05, 3.63) is 47.0 Å². The molecule has 4 nitrogen and oxygen atoms in total. The fourth-order valence-electron chi connectivity index (χ4n) is 1.53. The lowest BCUT2D eigenvalue weighted by Gasteiger charge is -2.02. The van der Waals surface area contributed by atoms with E-state index < -0.39 is 5.97 Å². The molecule has 0 amide bonds. The summed E-state index contributed by atoms with van der Waals surface area (Å²) in [6, 6.07) is 4.68. The van der Waals surface area contributed by atoms with Gasteiger partial charge in [0.15, 0.2) is 4.34 Å². The maximum atomic E-state index is 13.9. The molecule has 0 unspecified atom stereocenters. The topological polar surface area (TPSA) is 63.1 Å². The number of hydrogen-bond acceptors (Lipinski definition) is 5. The lowest BCUT2D eigenvalue weighted by atomic mass is 10.1. The molecule has 0 fully saturated rings. The second kappa shape index (κ2) is 7.33. The highest BCUT2D eigenvalue weighted by Gasteiger charge is 2.07. The first-order chi connectivity index (χ1) is 10.1. The van der Waals surface area contributed by atoms with Crippen molar-refractivity contribution in [1.29, 1.82) is 0 Å². The van der Waals surface area contributed by atoms with Gasteiger partial charge in [-0.1, -0.05) is 30.8 Å². The quantitative estimate of drug-likeness (QED) is 0.649. The first kappa shape index (κ1) is 15.7. The van der Waals surface area contributed by atoms with Gasteiger partial charge in [-0.25, -0.2) is 14.2 Å². The molecule has 2 aromatic rings. The Morgan fingerprint density at radius 2 is 2.33 bits per heavy atom. The predicted molar refractivity (Wildman–Crippen MR) is 81.9 cm³/mol. The number of benzene rings is 1. The fraction of sp³-hybridized carbons (Fsp3) is 0.214. The van der Waals surface area contributed by atoms with E-state index in [0.29, 0.717) is 16.9 Å². The van der Waals surface area contributed by atoms with Crippen molar-refractivity contribution in [1.82, 2.24) is 9.36 Å². The molecule has 0 radical (unpaired) electrons. The zero-order valence-corrected chi connectivity index (χ0v) is 12.9. The standard InChI is InChI=1S/C14H13FN2O2S2/c1-2-12-16-14(21-17-12)20-8-10-5-3-9(7-11(10)15)4-6-13(18)19/h3-7H,2,8H2,1H3,(H,18,19)/b6-4+. The van der Waals surface area contributed by atoms with Crippen LogP contribution < -0.4 is 0 Å². The number of aromatic nitrogens is 2. The molecular formula is C14H13FN2O2S2. The summed E-state index contributed by atoms with van der Waals surface area (Å²) in [5, 5.41) is 8.54. The van der Waals surface area contributed by atoms with Crippen LogP contribution in [0.1, 0.15) is 23.9 Å². The number of nitrogens with zero attached hydrogens (tertiary/aromatic N) is 2. The van der Waals surface area contributed by atoms with E-state index in [0.717, 1.165) is 22.7 Å². The number of hydrogen-bond donors (Lipinski definition) is 1. The summed E-state index contributed by atoms with van der Waals surface area (Å²) in [6.45, 7) is 1.99. The van der Waals surface area contributed by atoms with Gasteiger partial charge in [0, 0.05) is 18.2 Å². The summed E-state index contributed by atoms with van der Waals surface area (Å²) < 4.78 is 18.9. The summed E-state index contributed by atoms with van der Waals surface area (Å²) in [4.78, 5) is 14.7. The number of aliphatic carboxylic acids is 1. The van der Waals surface area contributed by atoms with E-state index in [1.165, 1.54) is 35.4 Å². The average Bonchev–Trinajstić information content (AvgIpc) is 2.92. The van der Waals surface area contributed by atoms with Crippen molar-refractivity contribution in [3.8, 4) is 0 Å². The monoisotopic (exact) mass is 324 g/mol. The van der Waals surface area contributed by atoms with Crippen LogP contribution in [0.25, 0.3) is 6.08 Å². The summed E-state index contributed by atoms with van der Waals surface area (Å²) in [6.07, 6.45) is 3.13. The summed E-state index contributed by atoms with van der Waals surface area (Å²) in [5.41, 5.74) is 1.08. The van der Waals surface area contributed by atoms with E-state index in [2.05, 4.69) is 9.36 Å². The smallest absolute Gasteiger partial charge is 0.328 e. The van der Waals surface area contributed by atoms with Crippen LogP contribution in [0.3, 0.4) is 0 Å². The third kappa shape index (κ3) is 4.64. The van der Waals surface area contributed by atoms with Crippen LogP contribution in [0.2, 0.25) is 0 Å². The fourth-order valence-corrected chi connectivity index (χ4v) is 3.21. The molecule has 0 aliphatic heterocycles. The molecule has 0 saturated heterocycles. The molecular weight excluding hydrogens is 311 g/mol. The molecule has 1 aromatic heterocycles. The van der Waals surface area contributed by atoms with E-state index in [1.807, 2.05) is 6.92 Å². The highest BCUT2D eigenvalue weighted by Crippen LogP contribution is 2.26. The van der Waals surface area contributed by atoms with Gasteiger partial charge in [-0.05, 0) is 34.8 Å². The molecule has 21 heavy (non-hydrogen) atoms. The largest absolute Gasteiger partial charge is 0.478 e. The minimum atomic E-state index is -1.06. The highest BCUT2D eigenvalue weighted by atomic mass is 32.2. The molecule has 0 aliphatic rings. The SMILES string of the molecule is CCc1nsc(SCc2ccc(/C=C/C(=O)O)cc2F)n1. The Hall–Kier alpha value is -1.73. The Labute approximate surface area is 129 Å². The number of thioether (sulfide) groups is 1. The van der Waals surface area contributed by atoms with Crippen LogP contribution >= 0.6 is 23.3 Å². The number of carboxylic acids is 1. The molecule has 0 spiro atoms. The van der Waals surface area contributed by atoms with E-state index in [4.69, 9.17) is 5.11 Å². The van der Waals surface area contributed by atoms with E-state index in [9.17, 15) is 9.18 Å². The van der Waals surface area contributed by atoms with Gasteiger partial charge in [0.2, 0.25) is 0 Å². The van der Waals surface area contributed by atoms with Crippen molar-refractivity contribution < 1.29 is 14.3 Å². The Morgan fingerprint density at radius 1 is 1.52 bits per heavy atom. The van der Waals surface area contributed by atoms with Crippen LogP contribution in [0.15, 0.2) is 28.6 Å². The zero-order valence-electron chi connectivity index (χ0n) is 11.2. The molecule has 1 heterocycles. The summed E-state index contributed by atoms with van der Waals surface area (Å²) in [5.74, 6) is -0.141. The Bertz CT molecular complexity index is 671. The van der Waals surface area contributed by atoms with Crippen molar-refractivity contribution in [2.24, 2.45) is 0 Å². The van der Waals surface area contributed by atoms with Crippen molar-refractivity contribution >= 4 is 35.3 Å². The minimum absolute atomic E-state index is 0.352. The average molecular weight is 324 g/mol. The van der Waals surface area contributed by atoms with Crippen molar-refractivity contribution in [3.63, 3.8) is 0 Å². The molecule has 110 valence electrons. The molecule has 1 aromatic carbocycles. The second-order valence-corrected chi connectivity index (χ2v) is 6.12.